The standard InChI is InChI=1S/C11H21B2FO2S/c1-4-6-8-9(7-5-2)10(12)11(3,13)17(14,15)16/h9-10H,4-8H2,1-3H3. The maximum atomic E-state index is 13.1. The van der Waals surface area contributed by atoms with Crippen molar-refractivity contribution in [2.75, 3.05) is 0 Å². The second kappa shape index (κ2) is 6.81. The molecule has 0 heterocycles. The topological polar surface area (TPSA) is 34.1 Å². The van der Waals surface area contributed by atoms with E-state index < -0.39 is 20.7 Å². The van der Waals surface area contributed by atoms with Gasteiger partial charge >= 0.3 is 0 Å². The summed E-state index contributed by atoms with van der Waals surface area (Å²) in [6.45, 7) is 5.19. The lowest BCUT2D eigenvalue weighted by molar-refractivity contribution is 0.380. The first-order valence-electron chi connectivity index (χ1n) is 6.17. The van der Waals surface area contributed by atoms with Gasteiger partial charge in [0.1, 0.15) is 0 Å². The Morgan fingerprint density at radius 1 is 1.24 bits per heavy atom. The first kappa shape index (κ1) is 17.0. The molecule has 0 aliphatic rings. The van der Waals surface area contributed by atoms with E-state index in [1.807, 2.05) is 13.8 Å². The highest BCUT2D eigenvalue weighted by atomic mass is 32.3. The first-order chi connectivity index (χ1) is 7.68. The molecule has 17 heavy (non-hydrogen) atoms. The van der Waals surface area contributed by atoms with Crippen molar-refractivity contribution in [3.63, 3.8) is 0 Å². The largest absolute Gasteiger partial charge is 0.299 e. The summed E-state index contributed by atoms with van der Waals surface area (Å²) in [4.78, 5) is 0. The molecule has 4 radical (unpaired) electrons. The van der Waals surface area contributed by atoms with Gasteiger partial charge in [-0.3, -0.25) is 0 Å². The minimum absolute atomic E-state index is 0.0551. The van der Waals surface area contributed by atoms with Gasteiger partial charge in [-0.25, -0.2) is 0 Å². The Morgan fingerprint density at radius 3 is 2.12 bits per heavy atom. The molecule has 0 aromatic heterocycles. The van der Waals surface area contributed by atoms with Crippen LogP contribution in [0.25, 0.3) is 0 Å². The van der Waals surface area contributed by atoms with Gasteiger partial charge in [0.2, 0.25) is 0 Å². The Balaban J connectivity index is 4.87. The van der Waals surface area contributed by atoms with Crippen LogP contribution in [0.4, 0.5) is 3.89 Å². The highest BCUT2D eigenvalue weighted by Crippen LogP contribution is 2.38. The van der Waals surface area contributed by atoms with Crippen LogP contribution < -0.4 is 0 Å². The number of hydrogen-bond acceptors (Lipinski definition) is 2. The molecule has 3 unspecified atom stereocenters. The molecular weight excluding hydrogens is 237 g/mol. The molecule has 0 spiro atoms. The summed E-state index contributed by atoms with van der Waals surface area (Å²) in [7, 11) is 6.58. The van der Waals surface area contributed by atoms with Crippen LogP contribution in [-0.2, 0) is 10.2 Å². The summed E-state index contributed by atoms with van der Waals surface area (Å²) in [5, 5.41) is 0. The number of halogens is 1. The lowest BCUT2D eigenvalue weighted by atomic mass is 9.59. The van der Waals surface area contributed by atoms with Crippen molar-refractivity contribution in [2.24, 2.45) is 5.92 Å². The summed E-state index contributed by atoms with van der Waals surface area (Å²) < 4.78 is 33.1. The zero-order valence-electron chi connectivity index (χ0n) is 10.9. The van der Waals surface area contributed by atoms with Crippen molar-refractivity contribution in [2.45, 2.75) is 63.3 Å². The Labute approximate surface area is 108 Å². The van der Waals surface area contributed by atoms with E-state index in [4.69, 9.17) is 15.7 Å². The zero-order chi connectivity index (χ0) is 13.7. The van der Waals surface area contributed by atoms with E-state index in [2.05, 4.69) is 0 Å². The summed E-state index contributed by atoms with van der Waals surface area (Å²) >= 11 is 0. The average molecular weight is 258 g/mol. The Hall–Kier alpha value is 0.00987. The van der Waals surface area contributed by atoms with Gasteiger partial charge < -0.3 is 0 Å². The third-order valence-electron chi connectivity index (χ3n) is 3.28. The fraction of sp³-hybridized carbons (Fsp3) is 1.00. The first-order valence-corrected chi connectivity index (χ1v) is 7.55. The number of unbranched alkanes of at least 4 members (excludes halogenated alkanes) is 1. The number of hydrogen-bond donors (Lipinski definition) is 0. The molecule has 96 valence electrons. The van der Waals surface area contributed by atoms with Crippen LogP contribution in [-0.4, -0.2) is 28.8 Å². The quantitative estimate of drug-likeness (QED) is 0.495. The van der Waals surface area contributed by atoms with Gasteiger partial charge in [0.25, 0.3) is 10.2 Å². The van der Waals surface area contributed by atoms with Crippen molar-refractivity contribution >= 4 is 25.9 Å². The van der Waals surface area contributed by atoms with E-state index in [-0.39, 0.29) is 5.92 Å². The molecule has 6 heteroatoms. The third kappa shape index (κ3) is 4.64. The van der Waals surface area contributed by atoms with Crippen LogP contribution in [0.2, 0.25) is 5.82 Å². The molecule has 0 aromatic carbocycles. The van der Waals surface area contributed by atoms with Crippen LogP contribution in [0, 0.1) is 5.92 Å². The van der Waals surface area contributed by atoms with Gasteiger partial charge in [0.15, 0.2) is 0 Å². The molecule has 0 rings (SSSR count). The van der Waals surface area contributed by atoms with E-state index >= 15 is 0 Å². The van der Waals surface area contributed by atoms with Gasteiger partial charge in [-0.05, 0) is 5.92 Å². The maximum Gasteiger partial charge on any atom is 0.299 e. The van der Waals surface area contributed by atoms with Crippen molar-refractivity contribution in [1.29, 1.82) is 0 Å². The van der Waals surface area contributed by atoms with E-state index in [1.54, 1.807) is 0 Å². The maximum absolute atomic E-state index is 13.1. The average Bonchev–Trinajstić information content (AvgIpc) is 2.21. The van der Waals surface area contributed by atoms with Crippen molar-refractivity contribution in [1.82, 2.24) is 0 Å². The zero-order valence-corrected chi connectivity index (χ0v) is 11.8. The molecule has 0 fully saturated rings. The van der Waals surface area contributed by atoms with Gasteiger partial charge in [-0.1, -0.05) is 58.7 Å². The summed E-state index contributed by atoms with van der Waals surface area (Å²) in [6, 6.07) is 0. The monoisotopic (exact) mass is 258 g/mol. The molecular formula is C11H21B2FO2S. The molecule has 0 N–H and O–H groups in total. The van der Waals surface area contributed by atoms with Crippen molar-refractivity contribution < 1.29 is 12.3 Å². The fourth-order valence-electron chi connectivity index (χ4n) is 1.97. The van der Waals surface area contributed by atoms with Gasteiger partial charge in [-0.2, -0.15) is 8.42 Å². The highest BCUT2D eigenvalue weighted by molar-refractivity contribution is 7.89. The van der Waals surface area contributed by atoms with Crippen LogP contribution in [0.5, 0.6) is 0 Å². The third-order valence-corrected chi connectivity index (χ3v) is 4.61. The molecule has 0 bridgehead atoms. The van der Waals surface area contributed by atoms with Gasteiger partial charge in [0.05, 0.1) is 20.3 Å². The predicted octanol–water partition coefficient (Wildman–Crippen LogP) is 2.73. The number of rotatable bonds is 8. The molecule has 3 atom stereocenters. The normalized spacial score (nSPS) is 19.5. The van der Waals surface area contributed by atoms with Crippen LogP contribution in [0.15, 0.2) is 0 Å². The Morgan fingerprint density at radius 2 is 1.76 bits per heavy atom. The molecule has 0 saturated carbocycles. The predicted molar refractivity (Wildman–Crippen MR) is 71.6 cm³/mol. The summed E-state index contributed by atoms with van der Waals surface area (Å²) in [5.41, 5.74) is 0. The smallest absolute Gasteiger partial charge is 0.195 e. The Bertz CT molecular complexity index is 317. The Kier molecular flexibility index (Phi) is 6.82. The van der Waals surface area contributed by atoms with E-state index in [9.17, 15) is 12.3 Å². The summed E-state index contributed by atoms with van der Waals surface area (Å²) in [5.74, 6) is -0.926. The second-order valence-corrected chi connectivity index (χ2v) is 6.59. The molecule has 0 saturated heterocycles. The van der Waals surface area contributed by atoms with Gasteiger partial charge in [0, 0.05) is 0 Å². The lowest BCUT2D eigenvalue weighted by Crippen LogP contribution is -2.41. The van der Waals surface area contributed by atoms with Crippen molar-refractivity contribution in [3.8, 4) is 0 Å². The molecule has 2 nitrogen and oxygen atoms in total. The lowest BCUT2D eigenvalue weighted by Gasteiger charge is -2.35. The summed E-state index contributed by atoms with van der Waals surface area (Å²) in [6.07, 6.45) is 4.37. The van der Waals surface area contributed by atoms with Gasteiger partial charge in [-0.15, -0.1) is 3.89 Å². The van der Waals surface area contributed by atoms with E-state index in [1.165, 1.54) is 0 Å². The highest BCUT2D eigenvalue weighted by Gasteiger charge is 2.41. The minimum Gasteiger partial charge on any atom is -0.195 e. The minimum atomic E-state index is -4.84. The SMILES string of the molecule is [B]C(C(CCC)CCCC)C([B])(C)S(=O)(=O)F. The van der Waals surface area contributed by atoms with E-state index in [0.717, 1.165) is 39.0 Å². The van der Waals surface area contributed by atoms with E-state index in [0.29, 0.717) is 0 Å². The van der Waals surface area contributed by atoms with Crippen LogP contribution >= 0.6 is 0 Å². The molecule has 0 aromatic rings. The fourth-order valence-corrected chi connectivity index (χ4v) is 2.49. The molecule has 0 aliphatic carbocycles. The molecule has 0 amide bonds. The second-order valence-electron chi connectivity index (χ2n) is 4.84. The van der Waals surface area contributed by atoms with Crippen LogP contribution in [0.3, 0.4) is 0 Å². The van der Waals surface area contributed by atoms with Crippen LogP contribution in [0.1, 0.15) is 52.9 Å². The van der Waals surface area contributed by atoms with Crippen molar-refractivity contribution in [3.05, 3.63) is 0 Å². The molecule has 0 aliphatic heterocycles.